The van der Waals surface area contributed by atoms with Crippen molar-refractivity contribution in [3.05, 3.63) is 75.8 Å². The van der Waals surface area contributed by atoms with E-state index in [9.17, 15) is 9.59 Å². The van der Waals surface area contributed by atoms with Crippen molar-refractivity contribution in [3.8, 4) is 5.75 Å². The first kappa shape index (κ1) is 26.5. The number of ether oxygens (including phenoxy) is 1. The molecule has 0 aliphatic heterocycles. The largest absolute Gasteiger partial charge is 0.493 e. The first-order valence-corrected chi connectivity index (χ1v) is 12.3. The number of halogens is 2. The van der Waals surface area contributed by atoms with E-state index in [1.165, 1.54) is 12.1 Å². The lowest BCUT2D eigenvalue weighted by atomic mass is 10.0. The molecule has 0 heterocycles. The average Bonchev–Trinajstić information content (AvgIpc) is 2.83. The van der Waals surface area contributed by atoms with Crippen LogP contribution in [0.4, 0.5) is 0 Å². The van der Waals surface area contributed by atoms with E-state index in [4.69, 9.17) is 27.9 Å². The van der Waals surface area contributed by atoms with Gasteiger partial charge in [0.25, 0.3) is 11.8 Å². The van der Waals surface area contributed by atoms with Crippen molar-refractivity contribution in [1.29, 1.82) is 0 Å². The van der Waals surface area contributed by atoms with Crippen LogP contribution in [-0.2, 0) is 4.79 Å². The normalized spacial score (nSPS) is 12.2. The molecule has 3 aromatic carbocycles. The number of carbonyl (C=O) groups is 2. The van der Waals surface area contributed by atoms with Gasteiger partial charge in [0.1, 0.15) is 11.8 Å². The van der Waals surface area contributed by atoms with E-state index in [1.54, 1.807) is 12.3 Å². The molecular weight excluding hydrogens is 485 g/mol. The Balaban J connectivity index is 1.77. The summed E-state index contributed by atoms with van der Waals surface area (Å²) in [5, 5.41) is 9.57. The van der Waals surface area contributed by atoms with Crippen molar-refractivity contribution in [3.63, 3.8) is 0 Å². The lowest BCUT2D eigenvalue weighted by Gasteiger charge is -2.21. The van der Waals surface area contributed by atoms with E-state index in [0.717, 1.165) is 29.2 Å². The third-order valence-electron chi connectivity index (χ3n) is 5.47. The van der Waals surface area contributed by atoms with Gasteiger partial charge in [0.15, 0.2) is 0 Å². The molecule has 0 saturated carbocycles. The van der Waals surface area contributed by atoms with E-state index >= 15 is 0 Å². The molecule has 1 atom stereocenters. The molecule has 0 aliphatic rings. The summed E-state index contributed by atoms with van der Waals surface area (Å²) in [7, 11) is 0. The van der Waals surface area contributed by atoms with Crippen LogP contribution < -0.4 is 15.5 Å². The van der Waals surface area contributed by atoms with Crippen LogP contribution in [0.25, 0.3) is 10.8 Å². The Kier molecular flexibility index (Phi) is 9.52. The standard InChI is InChI=1S/C27H29Cl2N3O3/c1-4-5-14-35-24-13-10-18-8-6-7-9-20(18)22(24)16-30-32-27(34)25(17(2)3)31-26(33)21-12-11-19(28)15-23(21)29/h6-13,15-17,25H,4-5,14H2,1-3H3,(H,31,33)(H,32,34)/b30-16+. The second-order valence-electron chi connectivity index (χ2n) is 8.45. The number of hydrogen-bond acceptors (Lipinski definition) is 4. The lowest BCUT2D eigenvalue weighted by Crippen LogP contribution is -2.48. The smallest absolute Gasteiger partial charge is 0.262 e. The average molecular weight is 514 g/mol. The molecule has 3 rings (SSSR count). The summed E-state index contributed by atoms with van der Waals surface area (Å²) in [6, 6.07) is 15.6. The minimum atomic E-state index is -0.820. The number of nitrogens with one attached hydrogen (secondary N) is 2. The van der Waals surface area contributed by atoms with Gasteiger partial charge in [-0.2, -0.15) is 5.10 Å². The number of benzene rings is 3. The van der Waals surface area contributed by atoms with Gasteiger partial charge in [-0.05, 0) is 47.4 Å². The zero-order chi connectivity index (χ0) is 25.4. The molecule has 3 aromatic rings. The highest BCUT2D eigenvalue weighted by Crippen LogP contribution is 2.27. The topological polar surface area (TPSA) is 79.8 Å². The van der Waals surface area contributed by atoms with E-state index in [1.807, 2.05) is 50.2 Å². The third-order valence-corrected chi connectivity index (χ3v) is 6.01. The summed E-state index contributed by atoms with van der Waals surface area (Å²) in [5.41, 5.74) is 3.57. The van der Waals surface area contributed by atoms with Gasteiger partial charge in [0.2, 0.25) is 0 Å². The van der Waals surface area contributed by atoms with Gasteiger partial charge in [-0.25, -0.2) is 5.43 Å². The number of unbranched alkanes of at least 4 members (excludes halogenated alkanes) is 1. The lowest BCUT2D eigenvalue weighted by molar-refractivity contribution is -0.123. The van der Waals surface area contributed by atoms with Crippen LogP contribution >= 0.6 is 23.2 Å². The summed E-state index contributed by atoms with van der Waals surface area (Å²) < 4.78 is 5.97. The van der Waals surface area contributed by atoms with Crippen LogP contribution in [0.1, 0.15) is 49.5 Å². The highest BCUT2D eigenvalue weighted by atomic mass is 35.5. The Bertz CT molecular complexity index is 1230. The molecule has 6 nitrogen and oxygen atoms in total. The van der Waals surface area contributed by atoms with Crippen molar-refractivity contribution in [1.82, 2.24) is 10.7 Å². The van der Waals surface area contributed by atoms with Crippen molar-refractivity contribution in [2.24, 2.45) is 11.0 Å². The van der Waals surface area contributed by atoms with Crippen LogP contribution in [0.2, 0.25) is 10.0 Å². The first-order chi connectivity index (χ1) is 16.8. The Labute approximate surface area is 215 Å². The summed E-state index contributed by atoms with van der Waals surface area (Å²) in [6.07, 6.45) is 3.54. The predicted molar refractivity (Wildman–Crippen MR) is 143 cm³/mol. The molecule has 0 saturated heterocycles. The third kappa shape index (κ3) is 6.96. The fourth-order valence-electron chi connectivity index (χ4n) is 3.52. The van der Waals surface area contributed by atoms with Gasteiger partial charge >= 0.3 is 0 Å². The van der Waals surface area contributed by atoms with Crippen molar-refractivity contribution < 1.29 is 14.3 Å². The van der Waals surface area contributed by atoms with Crippen LogP contribution in [-0.4, -0.2) is 30.7 Å². The number of hydrazone groups is 1. The van der Waals surface area contributed by atoms with Gasteiger partial charge < -0.3 is 10.1 Å². The van der Waals surface area contributed by atoms with Crippen LogP contribution in [0.15, 0.2) is 59.7 Å². The number of carbonyl (C=O) groups excluding carboxylic acids is 2. The molecular formula is C27H29Cl2N3O3. The predicted octanol–water partition coefficient (Wildman–Crippen LogP) is 6.23. The molecule has 2 N–H and O–H groups in total. The summed E-state index contributed by atoms with van der Waals surface area (Å²) in [6.45, 7) is 6.37. The maximum Gasteiger partial charge on any atom is 0.262 e. The zero-order valence-electron chi connectivity index (χ0n) is 20.0. The summed E-state index contributed by atoms with van der Waals surface area (Å²) >= 11 is 12.1. The Morgan fingerprint density at radius 3 is 2.57 bits per heavy atom. The molecule has 2 amide bonds. The zero-order valence-corrected chi connectivity index (χ0v) is 21.5. The molecule has 0 spiro atoms. The number of fused-ring (bicyclic) bond motifs is 1. The van der Waals surface area contributed by atoms with Crippen LogP contribution in [0, 0.1) is 5.92 Å². The fourth-order valence-corrected chi connectivity index (χ4v) is 4.01. The molecule has 35 heavy (non-hydrogen) atoms. The van der Waals surface area contributed by atoms with Gasteiger partial charge in [-0.1, -0.05) is 80.7 Å². The molecule has 8 heteroatoms. The summed E-state index contributed by atoms with van der Waals surface area (Å²) in [4.78, 5) is 25.6. The van der Waals surface area contributed by atoms with Gasteiger partial charge in [0, 0.05) is 10.6 Å². The molecule has 184 valence electrons. The van der Waals surface area contributed by atoms with Gasteiger partial charge in [-0.3, -0.25) is 9.59 Å². The van der Waals surface area contributed by atoms with Crippen LogP contribution in [0.3, 0.4) is 0 Å². The van der Waals surface area contributed by atoms with Crippen molar-refractivity contribution >= 4 is 52.0 Å². The Morgan fingerprint density at radius 2 is 1.86 bits per heavy atom. The SMILES string of the molecule is CCCCOc1ccc2ccccc2c1/C=N/NC(=O)C(NC(=O)c1ccc(Cl)cc1Cl)C(C)C. The van der Waals surface area contributed by atoms with Crippen molar-refractivity contribution in [2.75, 3.05) is 6.61 Å². The van der Waals surface area contributed by atoms with E-state index < -0.39 is 17.9 Å². The quantitative estimate of drug-likeness (QED) is 0.191. The highest BCUT2D eigenvalue weighted by Gasteiger charge is 2.25. The number of hydrogen-bond donors (Lipinski definition) is 2. The minimum absolute atomic E-state index is 0.189. The van der Waals surface area contributed by atoms with Crippen molar-refractivity contribution in [2.45, 2.75) is 39.7 Å². The summed E-state index contributed by atoms with van der Waals surface area (Å²) in [5.74, 6) is -0.402. The van der Waals surface area contributed by atoms with E-state index in [0.29, 0.717) is 17.4 Å². The van der Waals surface area contributed by atoms with Gasteiger partial charge in [0.05, 0.1) is 23.4 Å². The molecule has 0 aliphatic carbocycles. The van der Waals surface area contributed by atoms with E-state index in [2.05, 4.69) is 22.8 Å². The number of amides is 2. The molecule has 0 bridgehead atoms. The Hall–Kier alpha value is -3.09. The number of rotatable bonds is 10. The van der Waals surface area contributed by atoms with E-state index in [-0.39, 0.29) is 16.5 Å². The molecule has 0 aromatic heterocycles. The maximum atomic E-state index is 12.9. The monoisotopic (exact) mass is 513 g/mol. The fraction of sp³-hybridized carbons (Fsp3) is 0.296. The van der Waals surface area contributed by atoms with Gasteiger partial charge in [-0.15, -0.1) is 0 Å². The molecule has 0 fully saturated rings. The maximum absolute atomic E-state index is 12.9. The minimum Gasteiger partial charge on any atom is -0.493 e. The van der Waals surface area contributed by atoms with Crippen LogP contribution in [0.5, 0.6) is 5.75 Å². The first-order valence-electron chi connectivity index (χ1n) is 11.5. The Morgan fingerprint density at radius 1 is 1.09 bits per heavy atom. The second-order valence-corrected chi connectivity index (χ2v) is 9.30. The highest BCUT2D eigenvalue weighted by molar-refractivity contribution is 6.36. The number of nitrogens with zero attached hydrogens (tertiary/aromatic N) is 1. The second kappa shape index (κ2) is 12.6. The molecule has 1 unspecified atom stereocenters. The molecule has 0 radical (unpaired) electrons.